The van der Waals surface area contributed by atoms with Gasteiger partial charge in [0.2, 0.25) is 0 Å². The summed E-state index contributed by atoms with van der Waals surface area (Å²) in [5, 5.41) is 3.25. The topological polar surface area (TPSA) is 38.3 Å². The maximum atomic E-state index is 14.1. The monoisotopic (exact) mass is 421 g/mol. The van der Waals surface area contributed by atoms with E-state index in [4.69, 9.17) is 4.74 Å². The van der Waals surface area contributed by atoms with Crippen LogP contribution in [0.1, 0.15) is 23.6 Å². The number of nitrogens with one attached hydrogen (secondary N) is 1. The fourth-order valence-corrected chi connectivity index (χ4v) is 3.80. The molecule has 30 heavy (non-hydrogen) atoms. The summed E-state index contributed by atoms with van der Waals surface area (Å²) >= 11 is 1.72. The van der Waals surface area contributed by atoms with Crippen LogP contribution >= 0.6 is 11.8 Å². The summed E-state index contributed by atoms with van der Waals surface area (Å²) in [4.78, 5) is 12.6. The van der Waals surface area contributed by atoms with Crippen molar-refractivity contribution in [2.75, 3.05) is 12.4 Å². The number of aryl methyl sites for hydroxylation is 1. The van der Waals surface area contributed by atoms with Gasteiger partial charge in [0.05, 0.1) is 12.8 Å². The highest BCUT2D eigenvalue weighted by molar-refractivity contribution is 7.98. The molecular formula is C25H24FNO2S. The van der Waals surface area contributed by atoms with Crippen LogP contribution in [0.5, 0.6) is 5.75 Å². The van der Waals surface area contributed by atoms with Crippen molar-refractivity contribution in [2.24, 2.45) is 0 Å². The standard InChI is InChI=1S/C25H24FNO2S/c1-17-13-25(29-3)24(15-22(17)26)27-23-12-11-21(14-20(23)10-9-18(2)28)30-16-19-7-5-4-6-8-19/h4-15,27H,16H2,1-3H3/b10-9+. The number of rotatable bonds is 8. The summed E-state index contributed by atoms with van der Waals surface area (Å²) in [6.45, 7) is 3.21. The van der Waals surface area contributed by atoms with Crippen molar-refractivity contribution in [1.29, 1.82) is 0 Å². The van der Waals surface area contributed by atoms with Crippen LogP contribution in [-0.2, 0) is 10.5 Å². The molecule has 154 valence electrons. The first-order chi connectivity index (χ1) is 14.5. The van der Waals surface area contributed by atoms with E-state index in [-0.39, 0.29) is 11.6 Å². The highest BCUT2D eigenvalue weighted by Gasteiger charge is 2.11. The molecule has 0 heterocycles. The van der Waals surface area contributed by atoms with Crippen molar-refractivity contribution < 1.29 is 13.9 Å². The zero-order valence-electron chi connectivity index (χ0n) is 17.2. The lowest BCUT2D eigenvalue weighted by atomic mass is 10.1. The number of anilines is 2. The van der Waals surface area contributed by atoms with E-state index in [0.717, 1.165) is 21.9 Å². The summed E-state index contributed by atoms with van der Waals surface area (Å²) in [5.41, 5.74) is 3.89. The van der Waals surface area contributed by atoms with Crippen LogP contribution in [0, 0.1) is 12.7 Å². The normalized spacial score (nSPS) is 10.9. The van der Waals surface area contributed by atoms with Gasteiger partial charge in [0, 0.05) is 22.4 Å². The maximum absolute atomic E-state index is 14.1. The van der Waals surface area contributed by atoms with Crippen LogP contribution in [0.2, 0.25) is 0 Å². The highest BCUT2D eigenvalue weighted by atomic mass is 32.2. The first-order valence-corrected chi connectivity index (χ1v) is 10.6. The maximum Gasteiger partial charge on any atom is 0.152 e. The third-order valence-corrected chi connectivity index (χ3v) is 5.58. The number of halogens is 1. The van der Waals surface area contributed by atoms with E-state index in [9.17, 15) is 9.18 Å². The largest absolute Gasteiger partial charge is 0.495 e. The zero-order valence-corrected chi connectivity index (χ0v) is 18.1. The smallest absolute Gasteiger partial charge is 0.152 e. The number of benzene rings is 3. The molecular weight excluding hydrogens is 397 g/mol. The van der Waals surface area contributed by atoms with E-state index in [1.54, 1.807) is 37.9 Å². The van der Waals surface area contributed by atoms with Crippen molar-refractivity contribution in [3.05, 3.63) is 89.2 Å². The van der Waals surface area contributed by atoms with Gasteiger partial charge in [-0.1, -0.05) is 30.3 Å². The van der Waals surface area contributed by atoms with Crippen LogP contribution in [0.25, 0.3) is 6.08 Å². The van der Waals surface area contributed by atoms with Gasteiger partial charge in [-0.2, -0.15) is 0 Å². The lowest BCUT2D eigenvalue weighted by Gasteiger charge is -2.15. The molecule has 0 aromatic heterocycles. The molecule has 3 aromatic carbocycles. The van der Waals surface area contributed by atoms with Crippen molar-refractivity contribution in [3.8, 4) is 5.75 Å². The summed E-state index contributed by atoms with van der Waals surface area (Å²) < 4.78 is 19.5. The Morgan fingerprint density at radius 1 is 1.10 bits per heavy atom. The lowest BCUT2D eigenvalue weighted by molar-refractivity contribution is -0.112. The molecule has 0 aliphatic heterocycles. The number of allylic oxidation sites excluding steroid dienone is 1. The molecule has 3 aromatic rings. The van der Waals surface area contributed by atoms with E-state index in [0.29, 0.717) is 17.0 Å². The highest BCUT2D eigenvalue weighted by Crippen LogP contribution is 2.34. The first kappa shape index (κ1) is 21.7. The van der Waals surface area contributed by atoms with Crippen LogP contribution in [-0.4, -0.2) is 12.9 Å². The molecule has 0 aliphatic carbocycles. The van der Waals surface area contributed by atoms with E-state index < -0.39 is 0 Å². The number of ketones is 1. The Bertz CT molecular complexity index is 1060. The third kappa shape index (κ3) is 5.74. The third-order valence-electron chi connectivity index (χ3n) is 4.52. The van der Waals surface area contributed by atoms with Crippen LogP contribution < -0.4 is 10.1 Å². The molecule has 0 saturated carbocycles. The van der Waals surface area contributed by atoms with Gasteiger partial charge in [-0.25, -0.2) is 4.39 Å². The Kier molecular flexibility index (Phi) is 7.31. The van der Waals surface area contributed by atoms with Gasteiger partial charge in [0.15, 0.2) is 5.78 Å². The Morgan fingerprint density at radius 2 is 1.87 bits per heavy atom. The number of thioether (sulfide) groups is 1. The van der Waals surface area contributed by atoms with E-state index >= 15 is 0 Å². The van der Waals surface area contributed by atoms with Crippen LogP contribution in [0.15, 0.2) is 71.6 Å². The summed E-state index contributed by atoms with van der Waals surface area (Å²) in [7, 11) is 1.55. The Labute approximate surface area is 181 Å². The fourth-order valence-electron chi connectivity index (χ4n) is 2.90. The second-order valence-corrected chi connectivity index (χ2v) is 7.94. The number of carbonyl (C=O) groups excluding carboxylic acids is 1. The Hall–Kier alpha value is -3.05. The van der Waals surface area contributed by atoms with Gasteiger partial charge in [-0.05, 0) is 67.0 Å². The molecule has 5 heteroatoms. The van der Waals surface area contributed by atoms with Gasteiger partial charge in [0.25, 0.3) is 0 Å². The minimum atomic E-state index is -0.311. The quantitative estimate of drug-likeness (QED) is 0.321. The predicted octanol–water partition coefficient (Wildman–Crippen LogP) is 6.78. The minimum absolute atomic E-state index is 0.0396. The molecule has 0 radical (unpaired) electrons. The number of carbonyl (C=O) groups is 1. The second kappa shape index (κ2) is 10.1. The summed E-state index contributed by atoms with van der Waals surface area (Å²) in [6.07, 6.45) is 3.30. The van der Waals surface area contributed by atoms with E-state index in [2.05, 4.69) is 17.4 Å². The Morgan fingerprint density at radius 3 is 2.57 bits per heavy atom. The molecule has 0 unspecified atom stereocenters. The zero-order chi connectivity index (χ0) is 21.5. The molecule has 3 rings (SSSR count). The summed E-state index contributed by atoms with van der Waals surface area (Å²) in [5.74, 6) is 1.05. The molecule has 0 bridgehead atoms. The molecule has 0 amide bonds. The van der Waals surface area contributed by atoms with Crippen molar-refractivity contribution in [3.63, 3.8) is 0 Å². The molecule has 0 atom stereocenters. The van der Waals surface area contributed by atoms with Gasteiger partial charge in [0.1, 0.15) is 11.6 Å². The van der Waals surface area contributed by atoms with Crippen molar-refractivity contribution in [2.45, 2.75) is 24.5 Å². The van der Waals surface area contributed by atoms with Crippen molar-refractivity contribution in [1.82, 2.24) is 0 Å². The molecule has 1 N–H and O–H groups in total. The van der Waals surface area contributed by atoms with Crippen LogP contribution in [0.3, 0.4) is 0 Å². The minimum Gasteiger partial charge on any atom is -0.495 e. The van der Waals surface area contributed by atoms with Gasteiger partial charge in [-0.3, -0.25) is 4.79 Å². The van der Waals surface area contributed by atoms with E-state index in [1.807, 2.05) is 36.4 Å². The van der Waals surface area contributed by atoms with Gasteiger partial charge in [-0.15, -0.1) is 11.8 Å². The number of ether oxygens (including phenoxy) is 1. The number of hydrogen-bond donors (Lipinski definition) is 1. The molecule has 0 spiro atoms. The molecule has 3 nitrogen and oxygen atoms in total. The average molecular weight is 422 g/mol. The van der Waals surface area contributed by atoms with Crippen molar-refractivity contribution >= 4 is 35.0 Å². The molecule has 0 aliphatic rings. The van der Waals surface area contributed by atoms with Crippen LogP contribution in [0.4, 0.5) is 15.8 Å². The second-order valence-electron chi connectivity index (χ2n) is 6.89. The lowest BCUT2D eigenvalue weighted by Crippen LogP contribution is -1.99. The fraction of sp³-hybridized carbons (Fsp3) is 0.160. The number of methoxy groups -OCH3 is 1. The Balaban J connectivity index is 1.90. The predicted molar refractivity (Wildman–Crippen MR) is 123 cm³/mol. The summed E-state index contributed by atoms with van der Waals surface area (Å²) in [6, 6.07) is 19.3. The first-order valence-electron chi connectivity index (χ1n) is 9.57. The SMILES string of the molecule is COc1cc(C)c(F)cc1Nc1ccc(SCc2ccccc2)cc1/C=C/C(C)=O. The molecule has 0 fully saturated rings. The molecule has 0 saturated heterocycles. The number of hydrogen-bond acceptors (Lipinski definition) is 4. The average Bonchev–Trinajstić information content (AvgIpc) is 2.75. The van der Waals surface area contributed by atoms with E-state index in [1.165, 1.54) is 24.6 Å². The van der Waals surface area contributed by atoms with Gasteiger partial charge >= 0.3 is 0 Å². The van der Waals surface area contributed by atoms with Gasteiger partial charge < -0.3 is 10.1 Å².